The van der Waals surface area contributed by atoms with Gasteiger partial charge in [0.2, 0.25) is 0 Å². The average molecular weight is 295 g/mol. The molecule has 2 rings (SSSR count). The van der Waals surface area contributed by atoms with Crippen LogP contribution in [0.3, 0.4) is 0 Å². The first-order valence-corrected chi connectivity index (χ1v) is 7.31. The molecule has 2 aromatic rings. The number of benzene rings is 1. The van der Waals surface area contributed by atoms with Crippen LogP contribution in [-0.4, -0.2) is 10.0 Å². The van der Waals surface area contributed by atoms with Gasteiger partial charge in [-0.05, 0) is 26.0 Å². The van der Waals surface area contributed by atoms with Crippen molar-refractivity contribution in [3.05, 3.63) is 50.9 Å². The fourth-order valence-electron chi connectivity index (χ4n) is 1.57. The van der Waals surface area contributed by atoms with Crippen LogP contribution in [0.2, 0.25) is 0 Å². The third kappa shape index (κ3) is 3.34. The molecule has 0 saturated carbocycles. The van der Waals surface area contributed by atoms with Gasteiger partial charge in [-0.2, -0.15) is 0 Å². The van der Waals surface area contributed by atoms with E-state index >= 15 is 0 Å². The molecule has 0 spiro atoms. The highest BCUT2D eigenvalue weighted by atomic mass is 32.2. The molecule has 1 N–H and O–H groups in total. The van der Waals surface area contributed by atoms with Crippen LogP contribution in [0.1, 0.15) is 23.5 Å². The zero-order valence-corrected chi connectivity index (χ0v) is 12.1. The van der Waals surface area contributed by atoms with Gasteiger partial charge in [0.25, 0.3) is 5.69 Å². The molecule has 1 atom stereocenters. The first kappa shape index (κ1) is 14.0. The molecular formula is C13H13NO3S2. The Morgan fingerprint density at radius 1 is 1.42 bits per heavy atom. The normalized spacial score (nSPS) is 12.4. The van der Waals surface area contributed by atoms with Gasteiger partial charge >= 0.3 is 0 Å². The highest BCUT2D eigenvalue weighted by Crippen LogP contribution is 2.43. The highest BCUT2D eigenvalue weighted by Gasteiger charge is 2.21. The number of thiophene rings is 1. The average Bonchev–Trinajstić information content (AvgIpc) is 2.73. The summed E-state index contributed by atoms with van der Waals surface area (Å²) in [5.41, 5.74) is 1.17. The minimum absolute atomic E-state index is 0.0624. The quantitative estimate of drug-likeness (QED) is 0.679. The highest BCUT2D eigenvalue weighted by molar-refractivity contribution is 8.01. The second kappa shape index (κ2) is 5.73. The van der Waals surface area contributed by atoms with Crippen LogP contribution in [0.15, 0.2) is 39.4 Å². The Labute approximate surface area is 119 Å². The summed E-state index contributed by atoms with van der Waals surface area (Å²) < 4.78 is 0.603. The van der Waals surface area contributed by atoms with Crippen LogP contribution in [0.4, 0.5) is 5.69 Å². The number of rotatable bonds is 4. The Morgan fingerprint density at radius 3 is 2.74 bits per heavy atom. The molecule has 0 amide bonds. The van der Waals surface area contributed by atoms with Crippen molar-refractivity contribution in [3.63, 3.8) is 0 Å². The third-order valence-corrected chi connectivity index (χ3v) is 4.98. The molecule has 1 heterocycles. The lowest BCUT2D eigenvalue weighted by Crippen LogP contribution is -1.87. The van der Waals surface area contributed by atoms with Crippen molar-refractivity contribution >= 4 is 28.8 Å². The summed E-state index contributed by atoms with van der Waals surface area (Å²) in [6.45, 7) is 3.59. The molecule has 100 valence electrons. The number of nitrogens with zero attached hydrogens (tertiary/aromatic N) is 1. The SMILES string of the molecule is Cc1cccc(Sc2sc([C@H](C)O)cc2[N+](=O)[O-])c1. The number of aliphatic hydroxyl groups is 1. The van der Waals surface area contributed by atoms with Crippen molar-refractivity contribution in [2.45, 2.75) is 29.1 Å². The molecule has 1 aromatic heterocycles. The van der Waals surface area contributed by atoms with Crippen molar-refractivity contribution in [1.29, 1.82) is 0 Å². The molecule has 19 heavy (non-hydrogen) atoms. The Balaban J connectivity index is 2.36. The molecule has 0 saturated heterocycles. The summed E-state index contributed by atoms with van der Waals surface area (Å²) in [6.07, 6.45) is -0.685. The number of aryl methyl sites for hydroxylation is 1. The van der Waals surface area contributed by atoms with Crippen LogP contribution in [-0.2, 0) is 0 Å². The number of hydrogen-bond acceptors (Lipinski definition) is 5. The van der Waals surface area contributed by atoms with Crippen molar-refractivity contribution in [3.8, 4) is 0 Å². The second-order valence-electron chi connectivity index (χ2n) is 4.17. The van der Waals surface area contributed by atoms with Crippen molar-refractivity contribution in [1.82, 2.24) is 0 Å². The van der Waals surface area contributed by atoms with Gasteiger partial charge in [0, 0.05) is 15.8 Å². The predicted octanol–water partition coefficient (Wildman–Crippen LogP) is 4.17. The van der Waals surface area contributed by atoms with E-state index in [2.05, 4.69) is 0 Å². The van der Waals surface area contributed by atoms with Crippen LogP contribution in [0.25, 0.3) is 0 Å². The Morgan fingerprint density at radius 2 is 2.16 bits per heavy atom. The Kier molecular flexibility index (Phi) is 4.24. The Hall–Kier alpha value is -1.37. The molecule has 0 unspecified atom stereocenters. The maximum Gasteiger partial charge on any atom is 0.294 e. The standard InChI is InChI=1S/C13H13NO3S2/c1-8-4-3-5-10(6-8)18-13-11(14(16)17)7-12(19-13)9(2)15/h3-7,9,15H,1-2H3/t9-/m0/s1. The molecule has 0 aliphatic rings. The lowest BCUT2D eigenvalue weighted by atomic mass is 10.2. The van der Waals surface area contributed by atoms with E-state index in [0.29, 0.717) is 9.09 Å². The van der Waals surface area contributed by atoms with Gasteiger partial charge < -0.3 is 5.11 Å². The number of nitro groups is 1. The lowest BCUT2D eigenvalue weighted by molar-refractivity contribution is -0.387. The van der Waals surface area contributed by atoms with Gasteiger partial charge in [0.15, 0.2) is 0 Å². The van der Waals surface area contributed by atoms with Crippen LogP contribution in [0.5, 0.6) is 0 Å². The zero-order chi connectivity index (χ0) is 14.0. The van der Waals surface area contributed by atoms with Crippen LogP contribution < -0.4 is 0 Å². The summed E-state index contributed by atoms with van der Waals surface area (Å²) >= 11 is 2.63. The van der Waals surface area contributed by atoms with Gasteiger partial charge in [0.1, 0.15) is 4.21 Å². The molecule has 0 radical (unpaired) electrons. The first-order valence-electron chi connectivity index (χ1n) is 5.68. The molecular weight excluding hydrogens is 282 g/mol. The minimum atomic E-state index is -0.685. The molecule has 0 bridgehead atoms. The van der Waals surface area contributed by atoms with E-state index in [-0.39, 0.29) is 5.69 Å². The smallest absolute Gasteiger partial charge is 0.294 e. The van der Waals surface area contributed by atoms with E-state index in [4.69, 9.17) is 0 Å². The van der Waals surface area contributed by atoms with E-state index < -0.39 is 11.0 Å². The second-order valence-corrected chi connectivity index (χ2v) is 6.60. The molecule has 0 aliphatic carbocycles. The van der Waals surface area contributed by atoms with Gasteiger partial charge in [-0.3, -0.25) is 10.1 Å². The molecule has 0 fully saturated rings. The van der Waals surface area contributed by atoms with Crippen molar-refractivity contribution < 1.29 is 10.0 Å². The van der Waals surface area contributed by atoms with Gasteiger partial charge in [-0.15, -0.1) is 11.3 Å². The van der Waals surface area contributed by atoms with E-state index in [1.165, 1.54) is 29.2 Å². The maximum absolute atomic E-state index is 11.0. The monoisotopic (exact) mass is 295 g/mol. The van der Waals surface area contributed by atoms with E-state index in [0.717, 1.165) is 10.5 Å². The lowest BCUT2D eigenvalue weighted by Gasteiger charge is -2.00. The molecule has 6 heteroatoms. The molecule has 0 aliphatic heterocycles. The summed E-state index contributed by atoms with van der Waals surface area (Å²) in [5.74, 6) is 0. The molecule has 4 nitrogen and oxygen atoms in total. The summed E-state index contributed by atoms with van der Waals surface area (Å²) in [6, 6.07) is 9.26. The summed E-state index contributed by atoms with van der Waals surface area (Å²) in [7, 11) is 0. The zero-order valence-electron chi connectivity index (χ0n) is 10.5. The number of hydrogen-bond donors (Lipinski definition) is 1. The number of aliphatic hydroxyl groups excluding tert-OH is 1. The summed E-state index contributed by atoms with van der Waals surface area (Å²) in [4.78, 5) is 12.2. The topological polar surface area (TPSA) is 63.4 Å². The van der Waals surface area contributed by atoms with E-state index in [9.17, 15) is 15.2 Å². The third-order valence-electron chi connectivity index (χ3n) is 2.51. The Bertz CT molecular complexity index is 608. The van der Waals surface area contributed by atoms with Crippen molar-refractivity contribution in [2.75, 3.05) is 0 Å². The predicted molar refractivity (Wildman–Crippen MR) is 76.9 cm³/mol. The van der Waals surface area contributed by atoms with E-state index in [1.54, 1.807) is 6.92 Å². The van der Waals surface area contributed by atoms with Gasteiger partial charge in [-0.25, -0.2) is 0 Å². The first-order chi connectivity index (χ1) is 8.97. The summed E-state index contributed by atoms with van der Waals surface area (Å²) in [5, 5.41) is 20.6. The maximum atomic E-state index is 11.0. The van der Waals surface area contributed by atoms with Crippen LogP contribution in [0, 0.1) is 17.0 Å². The van der Waals surface area contributed by atoms with Crippen molar-refractivity contribution in [2.24, 2.45) is 0 Å². The van der Waals surface area contributed by atoms with Crippen LogP contribution >= 0.6 is 23.1 Å². The fraction of sp³-hybridized carbons (Fsp3) is 0.231. The fourth-order valence-corrected chi connectivity index (χ4v) is 3.96. The minimum Gasteiger partial charge on any atom is -0.388 e. The largest absolute Gasteiger partial charge is 0.388 e. The molecule has 1 aromatic carbocycles. The van der Waals surface area contributed by atoms with Gasteiger partial charge in [0.05, 0.1) is 11.0 Å². The van der Waals surface area contributed by atoms with E-state index in [1.807, 2.05) is 31.2 Å². The van der Waals surface area contributed by atoms with Gasteiger partial charge in [-0.1, -0.05) is 29.5 Å².